The molecule has 0 spiro atoms. The molecule has 0 aliphatic carbocycles. The number of nitrogens with zero attached hydrogens (tertiary/aromatic N) is 2. The standard InChI is InChI=1S/C10H16ClN3O/c1-7(4-5-15-3)12-10-6-9(11)13-8(2)14-10/h6-7H,4-5H2,1-3H3,(H,12,13,14). The van der Waals surface area contributed by atoms with E-state index < -0.39 is 0 Å². The average molecular weight is 230 g/mol. The summed E-state index contributed by atoms with van der Waals surface area (Å²) < 4.78 is 5.00. The third-order valence-electron chi connectivity index (χ3n) is 1.96. The molecule has 1 rings (SSSR count). The highest BCUT2D eigenvalue weighted by Crippen LogP contribution is 2.12. The van der Waals surface area contributed by atoms with Crippen molar-refractivity contribution in [1.29, 1.82) is 0 Å². The van der Waals surface area contributed by atoms with Gasteiger partial charge >= 0.3 is 0 Å². The lowest BCUT2D eigenvalue weighted by atomic mass is 10.2. The molecule has 15 heavy (non-hydrogen) atoms. The summed E-state index contributed by atoms with van der Waals surface area (Å²) in [5, 5.41) is 3.70. The Hall–Kier alpha value is -0.870. The normalized spacial score (nSPS) is 12.5. The highest BCUT2D eigenvalue weighted by Gasteiger charge is 2.04. The van der Waals surface area contributed by atoms with Crippen molar-refractivity contribution >= 4 is 17.4 Å². The van der Waals surface area contributed by atoms with Crippen molar-refractivity contribution in [2.75, 3.05) is 19.0 Å². The molecule has 4 nitrogen and oxygen atoms in total. The first-order valence-electron chi connectivity index (χ1n) is 4.88. The van der Waals surface area contributed by atoms with Gasteiger partial charge in [0.15, 0.2) is 0 Å². The highest BCUT2D eigenvalue weighted by molar-refractivity contribution is 6.29. The molecule has 0 fully saturated rings. The quantitative estimate of drug-likeness (QED) is 0.787. The van der Waals surface area contributed by atoms with E-state index >= 15 is 0 Å². The molecule has 0 aromatic carbocycles. The second-order valence-electron chi connectivity index (χ2n) is 3.45. The summed E-state index contributed by atoms with van der Waals surface area (Å²) in [5.41, 5.74) is 0. The number of rotatable bonds is 5. The zero-order valence-electron chi connectivity index (χ0n) is 9.25. The number of nitrogens with one attached hydrogen (secondary N) is 1. The van der Waals surface area contributed by atoms with Gasteiger partial charge in [0.25, 0.3) is 0 Å². The number of methoxy groups -OCH3 is 1. The maximum absolute atomic E-state index is 5.82. The van der Waals surface area contributed by atoms with Crippen LogP contribution in [0, 0.1) is 6.92 Å². The summed E-state index contributed by atoms with van der Waals surface area (Å²) in [7, 11) is 1.69. The van der Waals surface area contributed by atoms with Crippen molar-refractivity contribution < 1.29 is 4.74 Å². The Morgan fingerprint density at radius 2 is 2.27 bits per heavy atom. The number of aromatic nitrogens is 2. The Labute approximate surface area is 95.0 Å². The molecular weight excluding hydrogens is 214 g/mol. The Bertz CT molecular complexity index is 299. The van der Waals surface area contributed by atoms with E-state index in [0.29, 0.717) is 17.0 Å². The predicted molar refractivity (Wildman–Crippen MR) is 61.4 cm³/mol. The van der Waals surface area contributed by atoms with Crippen LogP contribution in [0.1, 0.15) is 19.2 Å². The van der Waals surface area contributed by atoms with E-state index in [0.717, 1.165) is 18.8 Å². The molecule has 84 valence electrons. The van der Waals surface area contributed by atoms with Gasteiger partial charge in [0.05, 0.1) is 0 Å². The molecule has 5 heteroatoms. The van der Waals surface area contributed by atoms with Crippen LogP contribution >= 0.6 is 11.6 Å². The topological polar surface area (TPSA) is 47.0 Å². The van der Waals surface area contributed by atoms with Crippen molar-refractivity contribution in [2.45, 2.75) is 26.3 Å². The van der Waals surface area contributed by atoms with E-state index in [4.69, 9.17) is 16.3 Å². The largest absolute Gasteiger partial charge is 0.385 e. The van der Waals surface area contributed by atoms with Crippen LogP contribution in [0.3, 0.4) is 0 Å². The molecule has 0 radical (unpaired) electrons. The van der Waals surface area contributed by atoms with Gasteiger partial charge in [-0.3, -0.25) is 0 Å². The third-order valence-corrected chi connectivity index (χ3v) is 2.15. The molecule has 1 atom stereocenters. The molecule has 0 bridgehead atoms. The van der Waals surface area contributed by atoms with Crippen molar-refractivity contribution in [2.24, 2.45) is 0 Å². The molecular formula is C10H16ClN3O. The third kappa shape index (κ3) is 4.44. The van der Waals surface area contributed by atoms with Gasteiger partial charge in [-0.2, -0.15) is 0 Å². The SMILES string of the molecule is COCCC(C)Nc1cc(Cl)nc(C)n1. The lowest BCUT2D eigenvalue weighted by molar-refractivity contribution is 0.191. The van der Waals surface area contributed by atoms with Crippen molar-refractivity contribution in [3.63, 3.8) is 0 Å². The lowest BCUT2D eigenvalue weighted by Crippen LogP contribution is -2.18. The van der Waals surface area contributed by atoms with E-state index in [-0.39, 0.29) is 0 Å². The number of anilines is 1. The number of aryl methyl sites for hydroxylation is 1. The van der Waals surface area contributed by atoms with Crippen LogP contribution in [0.25, 0.3) is 0 Å². The summed E-state index contributed by atoms with van der Waals surface area (Å²) in [4.78, 5) is 8.23. The summed E-state index contributed by atoms with van der Waals surface area (Å²) in [6.07, 6.45) is 0.928. The van der Waals surface area contributed by atoms with Crippen LogP contribution in [0.15, 0.2) is 6.07 Å². The highest BCUT2D eigenvalue weighted by atomic mass is 35.5. The van der Waals surface area contributed by atoms with Gasteiger partial charge < -0.3 is 10.1 Å². The van der Waals surface area contributed by atoms with E-state index in [9.17, 15) is 0 Å². The summed E-state index contributed by atoms with van der Waals surface area (Å²) in [5.74, 6) is 1.43. The predicted octanol–water partition coefficient (Wildman–Crippen LogP) is 2.28. The molecule has 1 N–H and O–H groups in total. The number of hydrogen-bond acceptors (Lipinski definition) is 4. The fourth-order valence-electron chi connectivity index (χ4n) is 1.22. The monoisotopic (exact) mass is 229 g/mol. The first-order chi connectivity index (χ1) is 7.11. The van der Waals surface area contributed by atoms with E-state index in [2.05, 4.69) is 22.2 Å². The van der Waals surface area contributed by atoms with Crippen LogP contribution < -0.4 is 5.32 Å². The number of hydrogen-bond donors (Lipinski definition) is 1. The minimum Gasteiger partial charge on any atom is -0.385 e. The number of ether oxygens (including phenoxy) is 1. The summed E-state index contributed by atoms with van der Waals surface area (Å²) >= 11 is 5.82. The molecule has 1 unspecified atom stereocenters. The zero-order chi connectivity index (χ0) is 11.3. The first kappa shape index (κ1) is 12.2. The Morgan fingerprint density at radius 3 is 2.87 bits per heavy atom. The van der Waals surface area contributed by atoms with Crippen molar-refractivity contribution in [3.05, 3.63) is 17.0 Å². The smallest absolute Gasteiger partial charge is 0.134 e. The van der Waals surface area contributed by atoms with Crippen LogP contribution in [0.5, 0.6) is 0 Å². The Morgan fingerprint density at radius 1 is 1.53 bits per heavy atom. The maximum Gasteiger partial charge on any atom is 0.134 e. The van der Waals surface area contributed by atoms with Crippen molar-refractivity contribution in [1.82, 2.24) is 9.97 Å². The second kappa shape index (κ2) is 5.88. The molecule has 1 heterocycles. The molecule has 1 aromatic heterocycles. The molecule has 1 aromatic rings. The van der Waals surface area contributed by atoms with Gasteiger partial charge in [-0.1, -0.05) is 11.6 Å². The van der Waals surface area contributed by atoms with Gasteiger partial charge in [-0.25, -0.2) is 9.97 Å². The molecule has 0 aliphatic rings. The van der Waals surface area contributed by atoms with E-state index in [1.165, 1.54) is 0 Å². The molecule has 0 aliphatic heterocycles. The van der Waals surface area contributed by atoms with Crippen LogP contribution in [0.2, 0.25) is 5.15 Å². The van der Waals surface area contributed by atoms with Crippen molar-refractivity contribution in [3.8, 4) is 0 Å². The van der Waals surface area contributed by atoms with Gasteiger partial charge in [-0.15, -0.1) is 0 Å². The van der Waals surface area contributed by atoms with Crippen LogP contribution in [-0.4, -0.2) is 29.7 Å². The minimum atomic E-state index is 0.301. The maximum atomic E-state index is 5.82. The van der Waals surface area contributed by atoms with Crippen LogP contribution in [-0.2, 0) is 4.74 Å². The minimum absolute atomic E-state index is 0.301. The fraction of sp³-hybridized carbons (Fsp3) is 0.600. The fourth-order valence-corrected chi connectivity index (χ4v) is 1.45. The zero-order valence-corrected chi connectivity index (χ0v) is 10.0. The van der Waals surface area contributed by atoms with Gasteiger partial charge in [0, 0.05) is 25.8 Å². The number of halogens is 1. The van der Waals surface area contributed by atoms with E-state index in [1.807, 2.05) is 6.92 Å². The Kier molecular flexibility index (Phi) is 4.78. The molecule has 0 saturated carbocycles. The Balaban J connectivity index is 2.56. The molecule has 0 saturated heterocycles. The average Bonchev–Trinajstić information content (AvgIpc) is 2.13. The second-order valence-corrected chi connectivity index (χ2v) is 3.84. The lowest BCUT2D eigenvalue weighted by Gasteiger charge is -2.14. The summed E-state index contributed by atoms with van der Waals surface area (Å²) in [6.45, 7) is 4.62. The summed E-state index contributed by atoms with van der Waals surface area (Å²) in [6, 6.07) is 2.02. The van der Waals surface area contributed by atoms with Gasteiger partial charge in [0.1, 0.15) is 16.8 Å². The first-order valence-corrected chi connectivity index (χ1v) is 5.26. The molecule has 0 amide bonds. The van der Waals surface area contributed by atoms with Gasteiger partial charge in [0.2, 0.25) is 0 Å². The van der Waals surface area contributed by atoms with Crippen LogP contribution in [0.4, 0.5) is 5.82 Å². The van der Waals surface area contributed by atoms with Gasteiger partial charge in [-0.05, 0) is 20.3 Å². The van der Waals surface area contributed by atoms with E-state index in [1.54, 1.807) is 13.2 Å².